The molecule has 1 aliphatic carbocycles. The number of fused-ring (bicyclic) bond motifs is 7. The number of piperidine rings is 1. The van der Waals surface area contributed by atoms with Gasteiger partial charge < -0.3 is 14.4 Å². The van der Waals surface area contributed by atoms with E-state index in [0.717, 1.165) is 44.3 Å². The predicted molar refractivity (Wildman–Crippen MR) is 119 cm³/mol. The van der Waals surface area contributed by atoms with Crippen molar-refractivity contribution < 1.29 is 22.7 Å². The standard InChI is InChI=1S/C23H34N2O5S/c1-31(27,28)24-20-7-4-14-25-21(20)16-30-18-12-10-17(11-13-18)19-6-2-3-8-22(19)29-15-5-9-23(25)26/h2-3,6,8,17-18,20-21,24H,4-5,7,9-16H2,1H3. The van der Waals surface area contributed by atoms with Crippen LogP contribution in [-0.4, -0.2) is 63.4 Å². The highest BCUT2D eigenvalue weighted by Crippen LogP contribution is 2.38. The number of hydrogen-bond donors (Lipinski definition) is 1. The first kappa shape index (κ1) is 22.6. The first-order valence-corrected chi connectivity index (χ1v) is 13.4. The summed E-state index contributed by atoms with van der Waals surface area (Å²) < 4.78 is 39.0. The first-order valence-electron chi connectivity index (χ1n) is 11.5. The fourth-order valence-corrected chi connectivity index (χ4v) is 6.08. The molecular formula is C23H34N2O5S. The Hall–Kier alpha value is -1.64. The van der Waals surface area contributed by atoms with E-state index in [0.29, 0.717) is 38.5 Å². The molecular weight excluding hydrogens is 416 g/mol. The van der Waals surface area contributed by atoms with E-state index >= 15 is 0 Å². The number of sulfonamides is 1. The monoisotopic (exact) mass is 450 g/mol. The molecule has 7 nitrogen and oxygen atoms in total. The molecule has 5 rings (SSSR count). The van der Waals surface area contributed by atoms with Crippen molar-refractivity contribution in [2.45, 2.75) is 75.5 Å². The van der Waals surface area contributed by atoms with Gasteiger partial charge in [-0.2, -0.15) is 0 Å². The van der Waals surface area contributed by atoms with Crippen LogP contribution in [-0.2, 0) is 19.6 Å². The Morgan fingerprint density at radius 3 is 2.61 bits per heavy atom. The maximum Gasteiger partial charge on any atom is 0.223 e. The third kappa shape index (κ3) is 5.79. The van der Waals surface area contributed by atoms with Gasteiger partial charge in [-0.25, -0.2) is 13.1 Å². The molecule has 2 unspecified atom stereocenters. The van der Waals surface area contributed by atoms with Crippen molar-refractivity contribution in [3.8, 4) is 5.75 Å². The smallest absolute Gasteiger partial charge is 0.223 e. The maximum absolute atomic E-state index is 13.0. The van der Waals surface area contributed by atoms with Crippen molar-refractivity contribution in [3.05, 3.63) is 29.8 Å². The van der Waals surface area contributed by atoms with E-state index < -0.39 is 10.0 Å². The van der Waals surface area contributed by atoms with Crippen molar-refractivity contribution in [2.24, 2.45) is 0 Å². The largest absolute Gasteiger partial charge is 0.493 e. The molecule has 0 aromatic heterocycles. The van der Waals surface area contributed by atoms with Crippen LogP contribution in [0.4, 0.5) is 0 Å². The molecule has 1 aromatic carbocycles. The third-order valence-corrected chi connectivity index (χ3v) is 7.52. The number of amides is 1. The fourth-order valence-electron chi connectivity index (χ4n) is 5.26. The molecule has 2 bridgehead atoms. The van der Waals surface area contributed by atoms with Gasteiger partial charge in [0.25, 0.3) is 0 Å². The number of nitrogens with one attached hydrogen (secondary N) is 1. The summed E-state index contributed by atoms with van der Waals surface area (Å²) in [6.45, 7) is 1.52. The highest BCUT2D eigenvalue weighted by Gasteiger charge is 2.37. The molecule has 2 fully saturated rings. The van der Waals surface area contributed by atoms with Crippen molar-refractivity contribution >= 4 is 15.9 Å². The van der Waals surface area contributed by atoms with Gasteiger partial charge in [-0.1, -0.05) is 18.2 Å². The summed E-state index contributed by atoms with van der Waals surface area (Å²) in [5.74, 6) is 1.45. The van der Waals surface area contributed by atoms with Crippen LogP contribution in [0.2, 0.25) is 0 Å². The number of carbonyl (C=O) groups excluding carboxylic acids is 1. The van der Waals surface area contributed by atoms with Crippen molar-refractivity contribution in [1.29, 1.82) is 0 Å². The van der Waals surface area contributed by atoms with E-state index in [-0.39, 0.29) is 24.1 Å². The van der Waals surface area contributed by atoms with E-state index in [1.54, 1.807) is 0 Å². The Kier molecular flexibility index (Phi) is 7.19. The average Bonchev–Trinajstić information content (AvgIpc) is 2.75. The Morgan fingerprint density at radius 2 is 1.84 bits per heavy atom. The lowest BCUT2D eigenvalue weighted by Gasteiger charge is -2.42. The maximum atomic E-state index is 13.0. The number of hydrogen-bond acceptors (Lipinski definition) is 5. The van der Waals surface area contributed by atoms with Crippen LogP contribution < -0.4 is 9.46 Å². The molecule has 0 spiro atoms. The summed E-state index contributed by atoms with van der Waals surface area (Å²) in [5, 5.41) is 0. The molecule has 3 aliphatic heterocycles. The molecule has 2 atom stereocenters. The quantitative estimate of drug-likeness (QED) is 0.749. The predicted octanol–water partition coefficient (Wildman–Crippen LogP) is 2.81. The zero-order chi connectivity index (χ0) is 21.8. The number of carbonyl (C=O) groups is 1. The number of rotatable bonds is 2. The minimum atomic E-state index is -3.36. The van der Waals surface area contributed by atoms with E-state index in [2.05, 4.69) is 16.9 Å². The highest BCUT2D eigenvalue weighted by molar-refractivity contribution is 7.88. The number of ether oxygens (including phenoxy) is 2. The van der Waals surface area contributed by atoms with E-state index in [1.165, 1.54) is 11.8 Å². The van der Waals surface area contributed by atoms with Crippen LogP contribution in [0.25, 0.3) is 0 Å². The summed E-state index contributed by atoms with van der Waals surface area (Å²) >= 11 is 0. The van der Waals surface area contributed by atoms with Gasteiger partial charge in [0.15, 0.2) is 0 Å². The van der Waals surface area contributed by atoms with Crippen LogP contribution in [0, 0.1) is 0 Å². The molecule has 1 saturated carbocycles. The van der Waals surface area contributed by atoms with Gasteiger partial charge in [0, 0.05) is 19.0 Å². The van der Waals surface area contributed by atoms with E-state index in [1.807, 2.05) is 17.0 Å². The van der Waals surface area contributed by atoms with Crippen LogP contribution >= 0.6 is 0 Å². The molecule has 172 valence electrons. The number of benzene rings is 1. The van der Waals surface area contributed by atoms with Crippen molar-refractivity contribution in [1.82, 2.24) is 9.62 Å². The molecule has 1 saturated heterocycles. The Labute approximate surface area is 185 Å². The second-order valence-electron chi connectivity index (χ2n) is 9.09. The Balaban J connectivity index is 1.54. The molecule has 3 heterocycles. The van der Waals surface area contributed by atoms with Crippen molar-refractivity contribution in [2.75, 3.05) is 26.0 Å². The van der Waals surface area contributed by atoms with Gasteiger partial charge in [-0.3, -0.25) is 4.79 Å². The Bertz CT molecular complexity index is 866. The van der Waals surface area contributed by atoms with Crippen molar-refractivity contribution in [3.63, 3.8) is 0 Å². The van der Waals surface area contributed by atoms with Gasteiger partial charge in [0.05, 0.1) is 31.6 Å². The summed E-state index contributed by atoms with van der Waals surface area (Å²) in [6, 6.07) is 7.68. The van der Waals surface area contributed by atoms with Crippen LogP contribution in [0.5, 0.6) is 5.75 Å². The zero-order valence-corrected chi connectivity index (χ0v) is 19.1. The number of nitrogens with zero attached hydrogens (tertiary/aromatic N) is 1. The second kappa shape index (κ2) is 9.88. The van der Waals surface area contributed by atoms with Gasteiger partial charge in [-0.05, 0) is 62.5 Å². The SMILES string of the molecule is CS(=O)(=O)NC1CCCN2C(=O)CCCOc3ccccc3C3CCC(CC3)OCC12. The van der Waals surface area contributed by atoms with Gasteiger partial charge >= 0.3 is 0 Å². The Morgan fingerprint density at radius 1 is 1.06 bits per heavy atom. The molecule has 1 aromatic rings. The van der Waals surface area contributed by atoms with Gasteiger partial charge in [0.1, 0.15) is 5.75 Å². The molecule has 4 aliphatic rings. The van der Waals surface area contributed by atoms with E-state index in [9.17, 15) is 13.2 Å². The minimum Gasteiger partial charge on any atom is -0.493 e. The lowest BCUT2D eigenvalue weighted by atomic mass is 9.82. The highest BCUT2D eigenvalue weighted by atomic mass is 32.2. The summed E-state index contributed by atoms with van der Waals surface area (Å²) in [4.78, 5) is 14.9. The van der Waals surface area contributed by atoms with Gasteiger partial charge in [0.2, 0.25) is 15.9 Å². The van der Waals surface area contributed by atoms with Crippen LogP contribution in [0.1, 0.15) is 62.8 Å². The molecule has 8 heteroatoms. The summed E-state index contributed by atoms with van der Waals surface area (Å²) in [7, 11) is -3.36. The second-order valence-corrected chi connectivity index (χ2v) is 10.9. The minimum absolute atomic E-state index is 0.0460. The van der Waals surface area contributed by atoms with Gasteiger partial charge in [-0.15, -0.1) is 0 Å². The topological polar surface area (TPSA) is 84.9 Å². The fraction of sp³-hybridized carbons (Fsp3) is 0.696. The molecule has 31 heavy (non-hydrogen) atoms. The summed E-state index contributed by atoms with van der Waals surface area (Å²) in [5.41, 5.74) is 1.26. The van der Waals surface area contributed by atoms with Crippen LogP contribution in [0.15, 0.2) is 24.3 Å². The third-order valence-electron chi connectivity index (χ3n) is 6.79. The van der Waals surface area contributed by atoms with E-state index in [4.69, 9.17) is 9.47 Å². The summed E-state index contributed by atoms with van der Waals surface area (Å²) in [6.07, 6.45) is 7.86. The normalized spacial score (nSPS) is 30.5. The zero-order valence-electron chi connectivity index (χ0n) is 18.3. The first-order chi connectivity index (χ1) is 14.9. The average molecular weight is 451 g/mol. The molecule has 1 N–H and O–H groups in total. The lowest BCUT2D eigenvalue weighted by Crippen LogP contribution is -2.59. The number of para-hydroxylation sites is 1. The molecule has 0 radical (unpaired) electrons. The van der Waals surface area contributed by atoms with Crippen LogP contribution in [0.3, 0.4) is 0 Å². The molecule has 1 amide bonds. The lowest BCUT2D eigenvalue weighted by molar-refractivity contribution is -0.138.